The third-order valence-corrected chi connectivity index (χ3v) is 3.15. The van der Waals surface area contributed by atoms with E-state index in [4.69, 9.17) is 5.73 Å². The minimum atomic E-state index is -1.42. The zero-order valence-electron chi connectivity index (χ0n) is 12.3. The number of esters is 1. The molecule has 2 aromatic rings. The van der Waals surface area contributed by atoms with Crippen molar-refractivity contribution < 1.29 is 23.1 Å². The number of aromatic amines is 1. The Balaban J connectivity index is 2.24. The van der Waals surface area contributed by atoms with Gasteiger partial charge in [-0.25, -0.2) is 18.4 Å². The lowest BCUT2D eigenvalue weighted by molar-refractivity contribution is 0.0464. The van der Waals surface area contributed by atoms with E-state index < -0.39 is 58.2 Å². The summed E-state index contributed by atoms with van der Waals surface area (Å²) < 4.78 is 32.2. The minimum Gasteiger partial charge on any atom is -0.454 e. The van der Waals surface area contributed by atoms with Crippen molar-refractivity contribution in [3.05, 3.63) is 61.8 Å². The van der Waals surface area contributed by atoms with Crippen LogP contribution in [0.2, 0.25) is 0 Å². The van der Waals surface area contributed by atoms with Gasteiger partial charge in [0.15, 0.2) is 6.61 Å². The van der Waals surface area contributed by atoms with Crippen LogP contribution in [0.25, 0.3) is 0 Å². The molecule has 8 nitrogen and oxygen atoms in total. The van der Waals surface area contributed by atoms with Crippen molar-refractivity contribution in [1.29, 1.82) is 0 Å². The number of anilines is 1. The van der Waals surface area contributed by atoms with E-state index in [0.29, 0.717) is 0 Å². The summed E-state index contributed by atoms with van der Waals surface area (Å²) in [6.07, 6.45) is 0. The number of ketones is 1. The molecule has 0 saturated carbocycles. The molecular formula is C14H11F2N3O5. The summed E-state index contributed by atoms with van der Waals surface area (Å²) >= 11 is 0. The molecule has 1 aromatic carbocycles. The number of benzene rings is 1. The van der Waals surface area contributed by atoms with E-state index in [0.717, 1.165) is 22.8 Å². The molecule has 0 unspecified atom stereocenters. The van der Waals surface area contributed by atoms with Gasteiger partial charge in [-0.3, -0.25) is 19.1 Å². The molecule has 10 heteroatoms. The fourth-order valence-electron chi connectivity index (χ4n) is 1.87. The summed E-state index contributed by atoms with van der Waals surface area (Å²) in [5.41, 5.74) is 2.05. The molecule has 1 aromatic heterocycles. The second kappa shape index (κ2) is 6.44. The number of H-pyrrole nitrogens is 1. The van der Waals surface area contributed by atoms with E-state index in [1.807, 2.05) is 4.98 Å². The maximum absolute atomic E-state index is 13.4. The Kier molecular flexibility index (Phi) is 4.58. The first-order chi connectivity index (χ1) is 11.2. The maximum Gasteiger partial charge on any atom is 0.344 e. The highest BCUT2D eigenvalue weighted by Gasteiger charge is 2.23. The SMILES string of the molecule is Cn1c(N)c(C(=O)COC(=O)c2c(F)cccc2F)c(=O)[nH]c1=O. The van der Waals surface area contributed by atoms with Crippen LogP contribution in [0, 0.1) is 11.6 Å². The molecule has 24 heavy (non-hydrogen) atoms. The fraction of sp³-hybridized carbons (Fsp3) is 0.143. The zero-order chi connectivity index (χ0) is 18.0. The lowest BCUT2D eigenvalue weighted by Gasteiger charge is -2.09. The van der Waals surface area contributed by atoms with Crippen molar-refractivity contribution in [3.63, 3.8) is 0 Å². The summed E-state index contributed by atoms with van der Waals surface area (Å²) in [6.45, 7) is -0.988. The van der Waals surface area contributed by atoms with Crippen LogP contribution in [-0.2, 0) is 11.8 Å². The molecule has 2 rings (SSSR count). The van der Waals surface area contributed by atoms with Gasteiger partial charge in [-0.15, -0.1) is 0 Å². The van der Waals surface area contributed by atoms with Crippen molar-refractivity contribution in [2.45, 2.75) is 0 Å². The molecule has 0 aliphatic heterocycles. The number of nitrogens with one attached hydrogen (secondary N) is 1. The molecule has 0 bridgehead atoms. The van der Waals surface area contributed by atoms with Gasteiger partial charge in [0.05, 0.1) is 0 Å². The number of aromatic nitrogens is 2. The monoisotopic (exact) mass is 339 g/mol. The molecule has 0 radical (unpaired) electrons. The van der Waals surface area contributed by atoms with E-state index >= 15 is 0 Å². The first kappa shape index (κ1) is 17.1. The molecule has 0 aliphatic carbocycles. The summed E-state index contributed by atoms with van der Waals surface area (Å²) in [5.74, 6) is -5.20. The Labute approximate surface area is 132 Å². The van der Waals surface area contributed by atoms with Gasteiger partial charge in [-0.2, -0.15) is 0 Å². The topological polar surface area (TPSA) is 124 Å². The molecule has 3 N–H and O–H groups in total. The van der Waals surface area contributed by atoms with Crippen LogP contribution in [0.1, 0.15) is 20.7 Å². The van der Waals surface area contributed by atoms with Gasteiger partial charge in [-0.1, -0.05) is 6.07 Å². The Morgan fingerprint density at radius 3 is 2.38 bits per heavy atom. The van der Waals surface area contributed by atoms with Gasteiger partial charge in [0.2, 0.25) is 5.78 Å². The van der Waals surface area contributed by atoms with Crippen molar-refractivity contribution in [2.75, 3.05) is 12.3 Å². The molecule has 0 fully saturated rings. The fourth-order valence-corrected chi connectivity index (χ4v) is 1.87. The van der Waals surface area contributed by atoms with Crippen LogP contribution in [0.3, 0.4) is 0 Å². The van der Waals surface area contributed by atoms with Gasteiger partial charge in [0.1, 0.15) is 28.6 Å². The number of hydrogen-bond donors (Lipinski definition) is 2. The number of Topliss-reactive ketones (excluding diaryl/α,β-unsaturated/α-hetero) is 1. The number of ether oxygens (including phenoxy) is 1. The normalized spacial score (nSPS) is 10.5. The first-order valence-electron chi connectivity index (χ1n) is 6.47. The van der Waals surface area contributed by atoms with E-state index in [2.05, 4.69) is 4.74 Å². The van der Waals surface area contributed by atoms with Crippen LogP contribution in [-0.4, -0.2) is 27.9 Å². The van der Waals surface area contributed by atoms with Crippen LogP contribution in [0.4, 0.5) is 14.6 Å². The Bertz CT molecular complexity index is 928. The van der Waals surface area contributed by atoms with E-state index in [-0.39, 0.29) is 0 Å². The van der Waals surface area contributed by atoms with Crippen molar-refractivity contribution in [3.8, 4) is 0 Å². The second-order valence-electron chi connectivity index (χ2n) is 4.67. The minimum absolute atomic E-state index is 0.429. The highest BCUT2D eigenvalue weighted by molar-refractivity contribution is 6.02. The van der Waals surface area contributed by atoms with E-state index in [9.17, 15) is 28.0 Å². The number of rotatable bonds is 4. The van der Waals surface area contributed by atoms with Gasteiger partial charge >= 0.3 is 11.7 Å². The highest BCUT2D eigenvalue weighted by Crippen LogP contribution is 2.13. The lowest BCUT2D eigenvalue weighted by Crippen LogP contribution is -2.35. The predicted octanol–water partition coefficient (Wildman–Crippen LogP) is -0.0263. The molecule has 126 valence electrons. The average Bonchev–Trinajstić information content (AvgIpc) is 2.50. The van der Waals surface area contributed by atoms with Crippen LogP contribution >= 0.6 is 0 Å². The van der Waals surface area contributed by atoms with E-state index in [1.165, 1.54) is 7.05 Å². The number of carbonyl (C=O) groups is 2. The molecule has 0 aliphatic rings. The quantitative estimate of drug-likeness (QED) is 0.595. The third-order valence-electron chi connectivity index (χ3n) is 3.15. The van der Waals surface area contributed by atoms with Gasteiger partial charge in [0, 0.05) is 7.05 Å². The smallest absolute Gasteiger partial charge is 0.344 e. The number of nitrogens with two attached hydrogens (primary N) is 1. The molecule has 0 spiro atoms. The summed E-state index contributed by atoms with van der Waals surface area (Å²) in [6, 6.07) is 2.74. The van der Waals surface area contributed by atoms with E-state index in [1.54, 1.807) is 0 Å². The number of hydrogen-bond acceptors (Lipinski definition) is 6. The van der Waals surface area contributed by atoms with Crippen LogP contribution in [0.5, 0.6) is 0 Å². The Morgan fingerprint density at radius 1 is 1.21 bits per heavy atom. The molecule has 0 amide bonds. The van der Waals surface area contributed by atoms with Crippen LogP contribution in [0.15, 0.2) is 27.8 Å². The van der Waals surface area contributed by atoms with Gasteiger partial charge in [-0.05, 0) is 12.1 Å². The maximum atomic E-state index is 13.4. The predicted molar refractivity (Wildman–Crippen MR) is 77.7 cm³/mol. The largest absolute Gasteiger partial charge is 0.454 e. The summed E-state index contributed by atoms with van der Waals surface area (Å²) in [5, 5.41) is 0. The number of nitrogens with zero attached hydrogens (tertiary/aromatic N) is 1. The van der Waals surface area contributed by atoms with Crippen molar-refractivity contribution >= 4 is 17.6 Å². The summed E-state index contributed by atoms with van der Waals surface area (Å²) in [4.78, 5) is 48.5. The first-order valence-corrected chi connectivity index (χ1v) is 6.47. The highest BCUT2D eigenvalue weighted by atomic mass is 19.1. The Hall–Kier alpha value is -3.30. The molecule has 0 atom stereocenters. The lowest BCUT2D eigenvalue weighted by atomic mass is 10.2. The third kappa shape index (κ3) is 3.07. The number of carbonyl (C=O) groups excluding carboxylic acids is 2. The molecular weight excluding hydrogens is 328 g/mol. The van der Waals surface area contributed by atoms with Gasteiger partial charge in [0.25, 0.3) is 5.56 Å². The second-order valence-corrected chi connectivity index (χ2v) is 4.67. The number of halogens is 2. The summed E-state index contributed by atoms with van der Waals surface area (Å²) in [7, 11) is 1.21. The number of nitrogen functional groups attached to an aromatic ring is 1. The van der Waals surface area contributed by atoms with Crippen LogP contribution < -0.4 is 17.0 Å². The molecule has 0 saturated heterocycles. The Morgan fingerprint density at radius 2 is 1.79 bits per heavy atom. The zero-order valence-corrected chi connectivity index (χ0v) is 12.3. The average molecular weight is 339 g/mol. The van der Waals surface area contributed by atoms with Crippen molar-refractivity contribution in [2.24, 2.45) is 7.05 Å². The van der Waals surface area contributed by atoms with Crippen molar-refractivity contribution in [1.82, 2.24) is 9.55 Å². The van der Waals surface area contributed by atoms with Gasteiger partial charge < -0.3 is 10.5 Å². The molecule has 1 heterocycles. The standard InChI is InChI=1S/C14H11F2N3O5/c1-19-11(17)10(12(21)18-14(19)23)8(20)5-24-13(22)9-6(15)3-2-4-7(9)16/h2-4H,5,17H2,1H3,(H,18,21,23).